The molecule has 7 N–H and O–H groups in total. The second kappa shape index (κ2) is 38.9. The highest BCUT2D eigenvalue weighted by molar-refractivity contribution is 7.47. The van der Waals surface area contributed by atoms with Crippen LogP contribution >= 0.6 is 15.6 Å². The minimum Gasteiger partial charge on any atom is -0.462 e. The average Bonchev–Trinajstić information content (AvgIpc) is 3.22. The van der Waals surface area contributed by atoms with Crippen LogP contribution < -0.4 is 0 Å². The molecular formula is C44H76O16P2. The molecule has 0 rings (SSSR count). The van der Waals surface area contributed by atoms with Crippen molar-refractivity contribution in [3.63, 3.8) is 0 Å². The number of aliphatic hydroxyl groups excluding tert-OH is 4. The lowest BCUT2D eigenvalue weighted by molar-refractivity contribution is -0.161. The van der Waals surface area contributed by atoms with Crippen molar-refractivity contribution in [1.29, 1.82) is 0 Å². The van der Waals surface area contributed by atoms with Gasteiger partial charge in [0.05, 0.1) is 38.1 Å². The van der Waals surface area contributed by atoms with Crippen LogP contribution in [0.2, 0.25) is 0 Å². The van der Waals surface area contributed by atoms with Gasteiger partial charge < -0.3 is 44.6 Å². The summed E-state index contributed by atoms with van der Waals surface area (Å²) in [5.74, 6) is -1.39. The molecule has 1 unspecified atom stereocenters. The summed E-state index contributed by atoms with van der Waals surface area (Å²) >= 11 is 0. The summed E-state index contributed by atoms with van der Waals surface area (Å²) in [4.78, 5) is 52.7. The van der Waals surface area contributed by atoms with Gasteiger partial charge in [-0.25, -0.2) is 9.13 Å². The smallest absolute Gasteiger partial charge is 0.462 e. The number of aliphatic hydroxyl groups is 4. The van der Waals surface area contributed by atoms with E-state index in [1.807, 2.05) is 0 Å². The predicted octanol–water partition coefficient (Wildman–Crippen LogP) is 7.92. The summed E-state index contributed by atoms with van der Waals surface area (Å²) in [7, 11) is -9.80. The second-order valence-corrected chi connectivity index (χ2v) is 17.6. The Balaban J connectivity index is 4.87. The predicted molar refractivity (Wildman–Crippen MR) is 239 cm³/mol. The maximum Gasteiger partial charge on any atom is 0.472 e. The van der Waals surface area contributed by atoms with E-state index in [-0.39, 0.29) is 25.7 Å². The standard InChI is InChI=1S/C44H76O16P2/c1-3-5-7-8-9-10-11-12-13-14-15-16-17-22-26-32-44(50)60-40(37-59-62(54,55)58-35-39(46)34-57-61(51,52)53)36-56-43(49)33-27-31-42(48)41(47)30-25-21-19-18-20-24-29-38(45)28-23-6-4-2/h10-13,18-21,24-25,29-30,38-42,45-48H,3-9,14-17,22-23,26-28,31-37H2,1-2H3,(H,54,55)(H2,51,52,53)/b11-10-,13-12-,20-18-,21-19+,29-24+,30-25+/t38-,39+,40-,41-,42-/m1/s1. The molecular weight excluding hydrogens is 846 g/mol. The molecule has 62 heavy (non-hydrogen) atoms. The lowest BCUT2D eigenvalue weighted by Crippen LogP contribution is -2.30. The first-order chi connectivity index (χ1) is 29.6. The molecule has 0 bridgehead atoms. The van der Waals surface area contributed by atoms with Gasteiger partial charge in [-0.1, -0.05) is 145 Å². The van der Waals surface area contributed by atoms with E-state index in [1.54, 1.807) is 42.5 Å². The summed E-state index contributed by atoms with van der Waals surface area (Å²) in [6.07, 6.45) is 31.2. The van der Waals surface area contributed by atoms with Crippen molar-refractivity contribution >= 4 is 27.6 Å². The number of allylic oxidation sites excluding steroid dienone is 10. The summed E-state index contributed by atoms with van der Waals surface area (Å²) in [6.45, 7) is 1.21. The zero-order valence-corrected chi connectivity index (χ0v) is 38.6. The lowest BCUT2D eigenvalue weighted by Gasteiger charge is -2.20. The largest absolute Gasteiger partial charge is 0.472 e. The van der Waals surface area contributed by atoms with Crippen LogP contribution in [0, 0.1) is 0 Å². The van der Waals surface area contributed by atoms with Crippen LogP contribution in [0.5, 0.6) is 0 Å². The zero-order chi connectivity index (χ0) is 46.3. The molecule has 0 spiro atoms. The Morgan fingerprint density at radius 2 is 1.08 bits per heavy atom. The summed E-state index contributed by atoms with van der Waals surface area (Å²) in [5.41, 5.74) is 0. The monoisotopic (exact) mass is 922 g/mol. The molecule has 358 valence electrons. The van der Waals surface area contributed by atoms with Gasteiger partial charge in [0, 0.05) is 12.8 Å². The highest BCUT2D eigenvalue weighted by Gasteiger charge is 2.28. The number of ether oxygens (including phenoxy) is 2. The lowest BCUT2D eigenvalue weighted by atomic mass is 10.1. The molecule has 0 aliphatic rings. The summed E-state index contributed by atoms with van der Waals surface area (Å²) in [5, 5.41) is 40.2. The van der Waals surface area contributed by atoms with Crippen molar-refractivity contribution < 1.29 is 76.9 Å². The number of rotatable bonds is 40. The van der Waals surface area contributed by atoms with E-state index in [9.17, 15) is 44.0 Å². The molecule has 0 amide bonds. The molecule has 16 nitrogen and oxygen atoms in total. The topological polar surface area (TPSA) is 256 Å². The Morgan fingerprint density at radius 1 is 0.548 bits per heavy atom. The van der Waals surface area contributed by atoms with Gasteiger partial charge in [0.25, 0.3) is 0 Å². The van der Waals surface area contributed by atoms with Crippen LogP contribution in [0.25, 0.3) is 0 Å². The van der Waals surface area contributed by atoms with Crippen molar-refractivity contribution in [2.75, 3.05) is 26.4 Å². The number of phosphoric ester groups is 2. The van der Waals surface area contributed by atoms with Gasteiger partial charge in [-0.3, -0.25) is 23.2 Å². The minimum absolute atomic E-state index is 0.0369. The van der Waals surface area contributed by atoms with Crippen LogP contribution in [0.1, 0.15) is 136 Å². The van der Waals surface area contributed by atoms with Crippen molar-refractivity contribution in [3.8, 4) is 0 Å². The molecule has 18 heteroatoms. The van der Waals surface area contributed by atoms with Crippen molar-refractivity contribution in [2.24, 2.45) is 0 Å². The number of hydrogen-bond donors (Lipinski definition) is 7. The maximum atomic E-state index is 12.7. The Labute approximate surface area is 369 Å². The quantitative estimate of drug-likeness (QED) is 0.0133. The van der Waals surface area contributed by atoms with Crippen LogP contribution in [-0.4, -0.2) is 104 Å². The molecule has 0 saturated heterocycles. The van der Waals surface area contributed by atoms with Gasteiger partial charge in [0.15, 0.2) is 6.10 Å². The van der Waals surface area contributed by atoms with Crippen molar-refractivity contribution in [1.82, 2.24) is 0 Å². The summed E-state index contributed by atoms with van der Waals surface area (Å²) < 4.78 is 47.5. The average molecular weight is 923 g/mol. The number of carbonyl (C=O) groups is 2. The third-order valence-corrected chi connectivity index (χ3v) is 10.4. The fourth-order valence-corrected chi connectivity index (χ4v) is 6.58. The number of unbranched alkanes of at least 4 members (excludes halogenated alkanes) is 11. The van der Waals surface area contributed by atoms with Gasteiger partial charge in [0.1, 0.15) is 12.7 Å². The number of phosphoric acid groups is 2. The van der Waals surface area contributed by atoms with Crippen molar-refractivity contribution in [3.05, 3.63) is 72.9 Å². The van der Waals surface area contributed by atoms with E-state index in [0.29, 0.717) is 6.42 Å². The van der Waals surface area contributed by atoms with Crippen LogP contribution in [-0.2, 0) is 41.8 Å². The van der Waals surface area contributed by atoms with E-state index in [1.165, 1.54) is 31.8 Å². The molecule has 0 aromatic heterocycles. The molecule has 0 aliphatic heterocycles. The molecule has 0 aromatic rings. The Kier molecular flexibility index (Phi) is 37.3. The molecule has 0 aromatic carbocycles. The maximum absolute atomic E-state index is 12.7. The third-order valence-electron chi connectivity index (χ3n) is 8.95. The minimum atomic E-state index is -4.91. The molecule has 0 saturated carbocycles. The van der Waals surface area contributed by atoms with Gasteiger partial charge >= 0.3 is 27.6 Å². The van der Waals surface area contributed by atoms with Crippen molar-refractivity contribution in [2.45, 2.75) is 166 Å². The van der Waals surface area contributed by atoms with E-state index >= 15 is 0 Å². The number of hydrogen-bond acceptors (Lipinski definition) is 13. The van der Waals surface area contributed by atoms with Gasteiger partial charge in [-0.2, -0.15) is 0 Å². The first-order valence-corrected chi connectivity index (χ1v) is 25.0. The van der Waals surface area contributed by atoms with E-state index in [2.05, 4.69) is 47.2 Å². The zero-order valence-electron chi connectivity index (χ0n) is 36.8. The van der Waals surface area contributed by atoms with E-state index in [4.69, 9.17) is 23.8 Å². The van der Waals surface area contributed by atoms with Crippen LogP contribution in [0.3, 0.4) is 0 Å². The number of esters is 2. The van der Waals surface area contributed by atoms with Crippen LogP contribution in [0.4, 0.5) is 0 Å². The fourth-order valence-electron chi connectivity index (χ4n) is 5.43. The van der Waals surface area contributed by atoms with Crippen LogP contribution in [0.15, 0.2) is 72.9 Å². The SMILES string of the molecule is CCCCCC/C=C\C=C/CCCCCCCC(=O)O[C@H](COC(=O)CCC[C@@H](O)[C@H](O)/C=C/C=C/C=C\C=C\[C@H](O)CCCCC)COP(=O)(O)OC[C@@H](O)COP(=O)(O)O. The number of carbonyl (C=O) groups excluding carboxylic acids is 2. The third kappa shape index (κ3) is 40.2. The molecule has 0 fully saturated rings. The van der Waals surface area contributed by atoms with Gasteiger partial charge in [-0.05, 0) is 51.4 Å². The molecule has 0 radical (unpaired) electrons. The fraction of sp³-hybridized carbons (Fsp3) is 0.682. The van der Waals surface area contributed by atoms with Gasteiger partial charge in [-0.15, -0.1) is 0 Å². The Bertz CT molecular complexity index is 1420. The Hall–Kier alpha value is -2.56. The molecule has 0 aliphatic carbocycles. The normalized spacial score (nSPS) is 16.2. The summed E-state index contributed by atoms with van der Waals surface area (Å²) in [6, 6.07) is 0. The first-order valence-electron chi connectivity index (χ1n) is 22.0. The second-order valence-electron chi connectivity index (χ2n) is 14.9. The highest BCUT2D eigenvalue weighted by atomic mass is 31.2. The first kappa shape index (κ1) is 59.4. The van der Waals surface area contributed by atoms with Gasteiger partial charge in [0.2, 0.25) is 0 Å². The van der Waals surface area contributed by atoms with E-state index in [0.717, 1.165) is 64.2 Å². The van der Waals surface area contributed by atoms with E-state index < -0.39 is 84.5 Å². The molecule has 6 atom stereocenters. The Morgan fingerprint density at radius 3 is 1.73 bits per heavy atom. The highest BCUT2D eigenvalue weighted by Crippen LogP contribution is 2.43. The molecule has 0 heterocycles.